The summed E-state index contributed by atoms with van der Waals surface area (Å²) in [6.07, 6.45) is 0. The summed E-state index contributed by atoms with van der Waals surface area (Å²) in [4.78, 5) is 3.08. The van der Waals surface area contributed by atoms with Gasteiger partial charge in [0.25, 0.3) is 0 Å². The lowest BCUT2D eigenvalue weighted by Crippen LogP contribution is -2.06. The molecule has 0 radical (unpaired) electrons. The summed E-state index contributed by atoms with van der Waals surface area (Å²) in [7, 11) is 3.10. The molecule has 200 valence electrons. The lowest BCUT2D eigenvalue weighted by Gasteiger charge is -2.17. The fourth-order valence-electron chi connectivity index (χ4n) is 2.19. The zero-order valence-corrected chi connectivity index (χ0v) is 30.6. The predicted molar refractivity (Wildman–Crippen MR) is 181 cm³/mol. The van der Waals surface area contributed by atoms with Gasteiger partial charge in [-0.1, -0.05) is 112 Å². The standard InChI is InChI=1S/C12H6Cl4S2.C10H12Cl2S.CH2Cl2.Br2/c13-7-1-8(14)4-11(3-7)17-18-12-5-9(15)2-10(16)6-12;1-10(2,3)13-9-5-7(11)4-8(12)6-9;2-1-3;1-2/h1-6H;4-6H,1-3H3;1H2;. The van der Waals surface area contributed by atoms with Crippen LogP contribution < -0.4 is 0 Å². The first-order chi connectivity index (χ1) is 16.8. The third kappa shape index (κ3) is 19.1. The Morgan fingerprint density at radius 2 is 0.750 bits per heavy atom. The van der Waals surface area contributed by atoms with E-state index in [9.17, 15) is 0 Å². The van der Waals surface area contributed by atoms with Gasteiger partial charge in [0.05, 0.1) is 5.34 Å². The van der Waals surface area contributed by atoms with Crippen molar-refractivity contribution in [3.05, 3.63) is 84.7 Å². The monoisotopic (exact) mass is 830 g/mol. The molecule has 0 fully saturated rings. The van der Waals surface area contributed by atoms with Crippen LogP contribution in [0.1, 0.15) is 20.8 Å². The number of halogens is 10. The van der Waals surface area contributed by atoms with Crippen LogP contribution in [-0.4, -0.2) is 10.1 Å². The van der Waals surface area contributed by atoms with Gasteiger partial charge >= 0.3 is 0 Å². The zero-order valence-electron chi connectivity index (χ0n) is 18.9. The summed E-state index contributed by atoms with van der Waals surface area (Å²) in [5.74, 6) is 0. The number of thioether (sulfide) groups is 1. The van der Waals surface area contributed by atoms with E-state index in [0.717, 1.165) is 14.7 Å². The predicted octanol–water partition coefficient (Wildman–Crippen LogP) is 15.1. The van der Waals surface area contributed by atoms with E-state index in [0.29, 0.717) is 30.1 Å². The molecule has 0 amide bonds. The molecule has 0 spiro atoms. The molecular formula is C23H20Br2Cl8S3. The summed E-state index contributed by atoms with van der Waals surface area (Å²) in [6.45, 7) is 6.48. The van der Waals surface area contributed by atoms with Crippen molar-refractivity contribution in [1.82, 2.24) is 0 Å². The van der Waals surface area contributed by atoms with E-state index in [4.69, 9.17) is 92.8 Å². The highest BCUT2D eigenvalue weighted by Gasteiger charge is 2.12. The van der Waals surface area contributed by atoms with Crippen molar-refractivity contribution in [2.45, 2.75) is 40.2 Å². The summed E-state index contributed by atoms with van der Waals surface area (Å²) in [5.41, 5.74) is 0. The maximum atomic E-state index is 5.93. The fraction of sp³-hybridized carbons (Fsp3) is 0.217. The smallest absolute Gasteiger partial charge is 0.0967 e. The first-order valence-electron chi connectivity index (χ1n) is 9.49. The normalized spacial score (nSPS) is 10.2. The van der Waals surface area contributed by atoms with Crippen molar-refractivity contribution in [2.24, 2.45) is 0 Å². The van der Waals surface area contributed by atoms with Crippen LogP contribution in [0.5, 0.6) is 0 Å². The number of hydrogen-bond acceptors (Lipinski definition) is 3. The van der Waals surface area contributed by atoms with Gasteiger partial charge in [-0.3, -0.25) is 0 Å². The maximum absolute atomic E-state index is 5.93. The summed E-state index contributed by atoms with van der Waals surface area (Å²) < 4.78 is 0.189. The fourth-order valence-corrected chi connectivity index (χ4v) is 7.28. The van der Waals surface area contributed by atoms with Crippen molar-refractivity contribution in [3.63, 3.8) is 0 Å². The molecule has 0 N–H and O–H groups in total. The van der Waals surface area contributed by atoms with Crippen LogP contribution in [0.2, 0.25) is 30.1 Å². The lowest BCUT2D eigenvalue weighted by atomic mass is 10.3. The highest BCUT2D eigenvalue weighted by molar-refractivity contribution is 9.93. The van der Waals surface area contributed by atoms with Crippen LogP contribution in [-0.2, 0) is 0 Å². The van der Waals surface area contributed by atoms with Crippen LogP contribution in [0.4, 0.5) is 0 Å². The summed E-state index contributed by atoms with van der Waals surface area (Å²) in [6, 6.07) is 16.5. The van der Waals surface area contributed by atoms with Crippen molar-refractivity contribution >= 4 is 154 Å². The molecule has 3 aromatic rings. The van der Waals surface area contributed by atoms with E-state index in [-0.39, 0.29) is 10.1 Å². The Hall–Kier alpha value is 1.99. The van der Waals surface area contributed by atoms with Gasteiger partial charge in [-0.05, 0) is 54.6 Å². The van der Waals surface area contributed by atoms with Crippen molar-refractivity contribution < 1.29 is 0 Å². The molecule has 0 nitrogen and oxygen atoms in total. The third-order valence-corrected chi connectivity index (χ3v) is 7.90. The Balaban J connectivity index is 0.000000599. The zero-order chi connectivity index (χ0) is 27.9. The Morgan fingerprint density at radius 1 is 0.528 bits per heavy atom. The third-order valence-electron chi connectivity index (χ3n) is 3.17. The average Bonchev–Trinajstić information content (AvgIpc) is 2.71. The number of hydrogen-bond donors (Lipinski definition) is 0. The Kier molecular flexibility index (Phi) is 22.0. The van der Waals surface area contributed by atoms with Gasteiger partial charge in [0.15, 0.2) is 0 Å². The number of rotatable bonds is 4. The second-order valence-corrected chi connectivity index (χ2v) is 14.9. The second kappa shape index (κ2) is 20.8. The van der Waals surface area contributed by atoms with Crippen molar-refractivity contribution in [2.75, 3.05) is 5.34 Å². The molecule has 36 heavy (non-hydrogen) atoms. The van der Waals surface area contributed by atoms with Crippen LogP contribution in [0.25, 0.3) is 0 Å². The molecule has 0 saturated heterocycles. The van der Waals surface area contributed by atoms with Crippen molar-refractivity contribution in [1.29, 1.82) is 0 Å². The first kappa shape index (κ1) is 38.0. The van der Waals surface area contributed by atoms with Crippen LogP contribution >= 0.6 is 154 Å². The van der Waals surface area contributed by atoms with Gasteiger partial charge in [0.2, 0.25) is 0 Å². The molecule has 3 aromatic carbocycles. The molecule has 0 aromatic heterocycles. The molecule has 0 aliphatic rings. The van der Waals surface area contributed by atoms with Crippen LogP contribution in [0, 0.1) is 0 Å². The van der Waals surface area contributed by atoms with Gasteiger partial charge in [0, 0.05) is 77.8 Å². The first-order valence-corrected chi connectivity index (χ1v) is 19.5. The highest BCUT2D eigenvalue weighted by Crippen LogP contribution is 2.41. The molecule has 0 heterocycles. The minimum Gasteiger partial charge on any atom is -0.120 e. The average molecular weight is 836 g/mol. The van der Waals surface area contributed by atoms with E-state index >= 15 is 0 Å². The summed E-state index contributed by atoms with van der Waals surface area (Å²) in [5, 5.41) is 4.06. The minimum atomic E-state index is 0.189. The molecule has 0 bridgehead atoms. The Labute approximate surface area is 281 Å². The van der Waals surface area contributed by atoms with Gasteiger partial charge in [-0.2, -0.15) is 0 Å². The van der Waals surface area contributed by atoms with Gasteiger partial charge in [-0.15, -0.1) is 35.0 Å². The molecule has 0 saturated carbocycles. The van der Waals surface area contributed by atoms with E-state index in [1.807, 2.05) is 36.4 Å². The molecular weight excluding hydrogens is 816 g/mol. The Bertz CT molecular complexity index is 954. The van der Waals surface area contributed by atoms with E-state index in [1.165, 1.54) is 0 Å². The highest BCUT2D eigenvalue weighted by atomic mass is 80.9. The molecule has 3 rings (SSSR count). The van der Waals surface area contributed by atoms with Crippen molar-refractivity contribution in [3.8, 4) is 0 Å². The number of alkyl halides is 2. The van der Waals surface area contributed by atoms with Gasteiger partial charge in [-0.25, -0.2) is 0 Å². The molecule has 0 atom stereocenters. The van der Waals surface area contributed by atoms with E-state index in [2.05, 4.69) is 49.0 Å². The summed E-state index contributed by atoms with van der Waals surface area (Å²) >= 11 is 52.3. The minimum absolute atomic E-state index is 0.189. The van der Waals surface area contributed by atoms with E-state index < -0.39 is 0 Å². The van der Waals surface area contributed by atoms with Gasteiger partial charge < -0.3 is 0 Å². The quantitative estimate of drug-likeness (QED) is 0.146. The number of benzene rings is 3. The molecule has 0 unspecified atom stereocenters. The molecule has 0 aliphatic carbocycles. The lowest BCUT2D eigenvalue weighted by molar-refractivity contribution is 0.803. The second-order valence-electron chi connectivity index (χ2n) is 7.30. The molecule has 13 heteroatoms. The largest absolute Gasteiger partial charge is 0.120 e. The van der Waals surface area contributed by atoms with Crippen LogP contribution in [0.15, 0.2) is 69.3 Å². The Morgan fingerprint density at radius 3 is 0.972 bits per heavy atom. The van der Waals surface area contributed by atoms with E-state index in [1.54, 1.807) is 51.5 Å². The van der Waals surface area contributed by atoms with Crippen LogP contribution in [0.3, 0.4) is 0 Å². The maximum Gasteiger partial charge on any atom is 0.0967 e. The SMILES string of the molecule is BrBr.CC(C)(C)Sc1cc(Cl)cc(Cl)c1.ClCCl.Clc1cc(Cl)cc(SSc2cc(Cl)cc(Cl)c2)c1. The molecule has 0 aliphatic heterocycles. The topological polar surface area (TPSA) is 0 Å². The van der Waals surface area contributed by atoms with Gasteiger partial charge in [0.1, 0.15) is 0 Å².